The highest BCUT2D eigenvalue weighted by Gasteiger charge is 2.36. The molecule has 0 bridgehead atoms. The van der Waals surface area contributed by atoms with Gasteiger partial charge in [-0.15, -0.1) is 45.0 Å². The number of benzene rings is 7. The van der Waals surface area contributed by atoms with Crippen LogP contribution in [-0.4, -0.2) is 93.5 Å². The molecule has 0 amide bonds. The summed E-state index contributed by atoms with van der Waals surface area (Å²) in [5.74, 6) is -6.65. The second kappa shape index (κ2) is 14.4. The van der Waals surface area contributed by atoms with Gasteiger partial charge in [-0.1, -0.05) is 54.6 Å². The molecular formula is C45H27N9O9. The Bertz CT molecular complexity index is 3080. The number of rotatable bonds is 9. The van der Waals surface area contributed by atoms with E-state index in [9.17, 15) is 45.0 Å². The maximum absolute atomic E-state index is 13.6. The molecule has 18 heteroatoms. The first-order chi connectivity index (χ1) is 30.4. The van der Waals surface area contributed by atoms with Crippen LogP contribution >= 0.6 is 0 Å². The van der Waals surface area contributed by atoms with Gasteiger partial charge in [0.25, 0.3) is 0 Å². The summed E-state index contributed by atoms with van der Waals surface area (Å²) in [5.41, 5.74) is -1.05. The molecule has 0 atom stereocenters. The summed E-state index contributed by atoms with van der Waals surface area (Å²) in [5, 5.41) is 94.0. The normalized spacial score (nSPS) is 11.4. The van der Waals surface area contributed by atoms with E-state index in [1.807, 2.05) is 0 Å². The average molecular weight is 838 g/mol. The molecule has 0 aliphatic carbocycles. The molecule has 63 heavy (non-hydrogen) atoms. The summed E-state index contributed by atoms with van der Waals surface area (Å²) in [4.78, 5) is 44.4. The van der Waals surface area contributed by atoms with Crippen LogP contribution in [0.25, 0.3) is 83.5 Å². The Morgan fingerprint density at radius 2 is 0.571 bits per heavy atom. The summed E-state index contributed by atoms with van der Waals surface area (Å²) < 4.78 is 0. The topological polar surface area (TPSA) is 265 Å². The van der Waals surface area contributed by atoms with Gasteiger partial charge in [0.05, 0.1) is 16.7 Å². The summed E-state index contributed by atoms with van der Waals surface area (Å²) >= 11 is 0. The van der Waals surface area contributed by atoms with Crippen LogP contribution in [0.2, 0.25) is 0 Å². The number of carboxylic acids is 3. The molecule has 6 N–H and O–H groups in total. The summed E-state index contributed by atoms with van der Waals surface area (Å²) in [6.45, 7) is 0. The van der Waals surface area contributed by atoms with Crippen molar-refractivity contribution >= 4 is 51.0 Å². The van der Waals surface area contributed by atoms with Crippen molar-refractivity contribution in [2.24, 2.45) is 0 Å². The zero-order chi connectivity index (χ0) is 43.7. The van der Waals surface area contributed by atoms with Crippen molar-refractivity contribution in [1.82, 2.24) is 45.0 Å². The van der Waals surface area contributed by atoms with E-state index < -0.39 is 68.5 Å². The SMILES string of the molecule is O=C(O)c1c(-c2ccc(-n3nc4ccccc4n3)c(O)c2)c(C(=O)O)c(-c2ccc(-n3nc4ccccc4n3)c(O)c2)c(C(=O)O)c1-c1ccc(-n2nc3ccccc3n2)c(O)c1. The summed E-state index contributed by atoms with van der Waals surface area (Å²) in [6, 6.07) is 32.3. The molecule has 0 spiro atoms. The molecule has 10 aromatic rings. The fourth-order valence-corrected chi connectivity index (χ4v) is 7.70. The van der Waals surface area contributed by atoms with Crippen LogP contribution in [0.4, 0.5) is 0 Å². The zero-order valence-electron chi connectivity index (χ0n) is 32.1. The quantitative estimate of drug-likeness (QED) is 0.0846. The number of hydrogen-bond donors (Lipinski definition) is 6. The van der Waals surface area contributed by atoms with Crippen LogP contribution in [0.1, 0.15) is 31.1 Å². The molecule has 306 valence electrons. The highest BCUT2D eigenvalue weighted by Crippen LogP contribution is 2.47. The third kappa shape index (κ3) is 6.25. The number of nitrogens with zero attached hydrogens (tertiary/aromatic N) is 9. The van der Waals surface area contributed by atoms with Crippen molar-refractivity contribution in [2.75, 3.05) is 0 Å². The molecule has 3 aromatic heterocycles. The van der Waals surface area contributed by atoms with Gasteiger partial charge < -0.3 is 30.6 Å². The first-order valence-corrected chi connectivity index (χ1v) is 18.9. The predicted molar refractivity (Wildman–Crippen MR) is 226 cm³/mol. The Balaban J connectivity index is 1.25. The molecule has 18 nitrogen and oxygen atoms in total. The second-order valence-electron chi connectivity index (χ2n) is 14.2. The lowest BCUT2D eigenvalue weighted by atomic mass is 9.79. The largest absolute Gasteiger partial charge is 0.506 e. The molecule has 0 saturated carbocycles. The molecule has 0 fully saturated rings. The Morgan fingerprint density at radius 1 is 0.349 bits per heavy atom. The Hall–Kier alpha value is -9.45. The van der Waals surface area contributed by atoms with Gasteiger partial charge in [0.15, 0.2) is 0 Å². The number of fused-ring (bicyclic) bond motifs is 3. The molecule has 0 radical (unpaired) electrons. The van der Waals surface area contributed by atoms with E-state index in [0.29, 0.717) is 33.1 Å². The molecule has 10 rings (SSSR count). The number of phenolic OH excluding ortho intramolecular Hbond substituents is 3. The van der Waals surface area contributed by atoms with Crippen LogP contribution in [0.15, 0.2) is 127 Å². The van der Waals surface area contributed by atoms with Crippen LogP contribution in [0, 0.1) is 0 Å². The number of carbonyl (C=O) groups is 3. The molecular weight excluding hydrogens is 811 g/mol. The second-order valence-corrected chi connectivity index (χ2v) is 14.2. The molecule has 0 saturated heterocycles. The Morgan fingerprint density at radius 3 is 0.762 bits per heavy atom. The van der Waals surface area contributed by atoms with Crippen molar-refractivity contribution < 1.29 is 45.0 Å². The van der Waals surface area contributed by atoms with E-state index >= 15 is 0 Å². The number of hydrogen-bond acceptors (Lipinski definition) is 12. The van der Waals surface area contributed by atoms with Crippen LogP contribution in [-0.2, 0) is 0 Å². The van der Waals surface area contributed by atoms with E-state index in [-0.39, 0.29) is 33.8 Å². The molecule has 0 aliphatic rings. The van der Waals surface area contributed by atoms with E-state index in [2.05, 4.69) is 30.6 Å². The van der Waals surface area contributed by atoms with E-state index in [4.69, 9.17) is 0 Å². The minimum absolute atomic E-state index is 0.0621. The van der Waals surface area contributed by atoms with Gasteiger partial charge in [-0.2, -0.15) is 0 Å². The van der Waals surface area contributed by atoms with Gasteiger partial charge in [-0.05, 0) is 89.5 Å². The minimum Gasteiger partial charge on any atom is -0.506 e. The van der Waals surface area contributed by atoms with Gasteiger partial charge in [0.2, 0.25) is 0 Å². The highest BCUT2D eigenvalue weighted by atomic mass is 16.4. The number of aromatic nitrogens is 9. The molecule has 7 aromatic carbocycles. The maximum atomic E-state index is 13.6. The van der Waals surface area contributed by atoms with Gasteiger partial charge in [0.1, 0.15) is 67.4 Å². The van der Waals surface area contributed by atoms with E-state index in [1.54, 1.807) is 72.8 Å². The number of carboxylic acid groups (broad SMARTS) is 3. The summed E-state index contributed by atoms with van der Waals surface area (Å²) in [6.07, 6.45) is 0. The average Bonchev–Trinajstić information content (AvgIpc) is 4.02. The monoisotopic (exact) mass is 837 g/mol. The lowest BCUT2D eigenvalue weighted by Crippen LogP contribution is -2.17. The van der Waals surface area contributed by atoms with Gasteiger partial charge in [-0.25, -0.2) is 14.4 Å². The van der Waals surface area contributed by atoms with Gasteiger partial charge in [0, 0.05) is 16.7 Å². The first-order valence-electron chi connectivity index (χ1n) is 18.9. The van der Waals surface area contributed by atoms with Crippen molar-refractivity contribution in [1.29, 1.82) is 0 Å². The van der Waals surface area contributed by atoms with E-state index in [1.165, 1.54) is 36.4 Å². The van der Waals surface area contributed by atoms with Crippen molar-refractivity contribution in [3.8, 4) is 67.7 Å². The fraction of sp³-hybridized carbons (Fsp3) is 0. The lowest BCUT2D eigenvalue weighted by molar-refractivity contribution is 0.0696. The summed E-state index contributed by atoms with van der Waals surface area (Å²) in [7, 11) is 0. The fourth-order valence-electron chi connectivity index (χ4n) is 7.70. The third-order valence-electron chi connectivity index (χ3n) is 10.4. The predicted octanol–water partition coefficient (Wildman–Crippen LogP) is 7.10. The van der Waals surface area contributed by atoms with Crippen LogP contribution < -0.4 is 0 Å². The van der Waals surface area contributed by atoms with Crippen molar-refractivity contribution in [3.05, 3.63) is 144 Å². The molecule has 3 heterocycles. The third-order valence-corrected chi connectivity index (χ3v) is 10.4. The standard InChI is InChI=1S/C45H27N9O9/c55-34-19-22(13-16-31(34)52-46-25-7-1-2-8-26(25)47-52)37-40(43(58)59)38(23-14-17-32(35(56)20-23)53-48-27-9-3-4-10-28(27)49-53)42(45(62)63)39(41(37)44(60)61)24-15-18-33(36(57)21-24)54-50-29-11-5-6-12-30(29)51-54/h1-21,55-57H,(H,58,59)(H,60,61)(H,62,63). The smallest absolute Gasteiger partial charge is 0.337 e. The molecule has 0 unspecified atom stereocenters. The van der Waals surface area contributed by atoms with Crippen molar-refractivity contribution in [3.63, 3.8) is 0 Å². The van der Waals surface area contributed by atoms with Crippen LogP contribution in [0.3, 0.4) is 0 Å². The number of phenols is 3. The first kappa shape index (κ1) is 37.8. The van der Waals surface area contributed by atoms with Gasteiger partial charge >= 0.3 is 17.9 Å². The Labute approximate surface area is 352 Å². The lowest BCUT2D eigenvalue weighted by Gasteiger charge is -2.23. The van der Waals surface area contributed by atoms with Crippen LogP contribution in [0.5, 0.6) is 17.2 Å². The number of aromatic carboxylic acids is 3. The van der Waals surface area contributed by atoms with Crippen molar-refractivity contribution in [2.45, 2.75) is 0 Å². The highest BCUT2D eigenvalue weighted by molar-refractivity contribution is 6.20. The van der Waals surface area contributed by atoms with E-state index in [0.717, 1.165) is 32.6 Å². The Kier molecular flexibility index (Phi) is 8.63. The zero-order valence-corrected chi connectivity index (χ0v) is 32.1. The maximum Gasteiger partial charge on any atom is 0.337 e. The number of aromatic hydroxyl groups is 3. The molecule has 0 aliphatic heterocycles. The van der Waals surface area contributed by atoms with Gasteiger partial charge in [-0.3, -0.25) is 0 Å². The minimum atomic E-state index is -1.74.